The molecule has 0 aliphatic heterocycles. The van der Waals surface area contributed by atoms with Crippen molar-refractivity contribution in [2.75, 3.05) is 0 Å². The van der Waals surface area contributed by atoms with Crippen molar-refractivity contribution in [3.63, 3.8) is 0 Å². The number of hydrogen-bond acceptors (Lipinski definition) is 2. The van der Waals surface area contributed by atoms with E-state index < -0.39 is 5.97 Å². The van der Waals surface area contributed by atoms with Crippen LogP contribution in [0.1, 0.15) is 15.9 Å². The predicted octanol–water partition coefficient (Wildman–Crippen LogP) is 2.92. The first kappa shape index (κ1) is 12.3. The Morgan fingerprint density at radius 2 is 2.10 bits per heavy atom. The van der Waals surface area contributed by atoms with Crippen LogP contribution in [0.2, 0.25) is 0 Å². The van der Waals surface area contributed by atoms with Crippen molar-refractivity contribution in [1.82, 2.24) is 9.55 Å². The number of carboxylic acid groups (broad SMARTS) is 1. The Morgan fingerprint density at radius 3 is 2.85 bits per heavy atom. The maximum absolute atomic E-state index is 13.1. The average molecular weight is 270 g/mol. The van der Waals surface area contributed by atoms with Crippen molar-refractivity contribution in [3.05, 3.63) is 65.9 Å². The van der Waals surface area contributed by atoms with E-state index in [1.807, 2.05) is 16.8 Å². The molecule has 20 heavy (non-hydrogen) atoms. The number of fused-ring (bicyclic) bond motifs is 1. The van der Waals surface area contributed by atoms with E-state index in [1.54, 1.807) is 24.4 Å². The number of rotatable bonds is 3. The zero-order valence-electron chi connectivity index (χ0n) is 10.5. The summed E-state index contributed by atoms with van der Waals surface area (Å²) >= 11 is 0. The fraction of sp³-hybridized carbons (Fsp3) is 0.0667. The number of halogens is 1. The van der Waals surface area contributed by atoms with E-state index in [4.69, 9.17) is 5.11 Å². The number of benzene rings is 1. The van der Waals surface area contributed by atoms with E-state index >= 15 is 0 Å². The Labute approximate surface area is 114 Å². The van der Waals surface area contributed by atoms with Crippen molar-refractivity contribution in [3.8, 4) is 0 Å². The zero-order chi connectivity index (χ0) is 14.1. The molecule has 0 atom stereocenters. The summed E-state index contributed by atoms with van der Waals surface area (Å²) in [5.74, 6) is -1.32. The molecule has 3 rings (SSSR count). The number of aromatic carboxylic acids is 1. The maximum atomic E-state index is 13.1. The van der Waals surface area contributed by atoms with Crippen molar-refractivity contribution in [1.29, 1.82) is 0 Å². The minimum absolute atomic E-state index is 0.252. The molecule has 0 spiro atoms. The Kier molecular flexibility index (Phi) is 2.95. The highest BCUT2D eigenvalue weighted by Crippen LogP contribution is 2.19. The average Bonchev–Trinajstić information content (AvgIpc) is 2.81. The van der Waals surface area contributed by atoms with Gasteiger partial charge in [0.05, 0.1) is 11.8 Å². The molecule has 0 aliphatic carbocycles. The second-order valence-electron chi connectivity index (χ2n) is 4.53. The van der Waals surface area contributed by atoms with Crippen molar-refractivity contribution < 1.29 is 14.3 Å². The number of aromatic nitrogens is 2. The Morgan fingerprint density at radius 1 is 1.25 bits per heavy atom. The predicted molar refractivity (Wildman–Crippen MR) is 72.2 cm³/mol. The summed E-state index contributed by atoms with van der Waals surface area (Å²) in [5, 5.41) is 9.80. The molecule has 0 fully saturated rings. The van der Waals surface area contributed by atoms with Gasteiger partial charge in [0.1, 0.15) is 5.82 Å². The molecule has 2 heterocycles. The minimum Gasteiger partial charge on any atom is -0.478 e. The zero-order valence-corrected chi connectivity index (χ0v) is 10.5. The van der Waals surface area contributed by atoms with Gasteiger partial charge in [-0.3, -0.25) is 4.98 Å². The number of hydrogen-bond donors (Lipinski definition) is 1. The standard InChI is InChI=1S/C15H11FN2O2/c16-13-5-10(7-17-8-13)9-18-4-3-11-6-12(15(19)20)1-2-14(11)18/h1-8H,9H2,(H,19,20). The SMILES string of the molecule is O=C(O)c1ccc2c(ccn2Cc2cncc(F)c2)c1. The summed E-state index contributed by atoms with van der Waals surface area (Å²) in [4.78, 5) is 14.7. The summed E-state index contributed by atoms with van der Waals surface area (Å²) in [5.41, 5.74) is 1.91. The first-order chi connectivity index (χ1) is 9.63. The van der Waals surface area contributed by atoms with Crippen LogP contribution in [0.25, 0.3) is 10.9 Å². The fourth-order valence-electron chi connectivity index (χ4n) is 2.21. The summed E-state index contributed by atoms with van der Waals surface area (Å²) in [6.45, 7) is 0.487. The molecule has 1 N–H and O–H groups in total. The second-order valence-corrected chi connectivity index (χ2v) is 4.53. The highest BCUT2D eigenvalue weighted by Gasteiger charge is 2.07. The van der Waals surface area contributed by atoms with E-state index in [0.717, 1.165) is 22.7 Å². The molecule has 0 bridgehead atoms. The number of pyridine rings is 1. The largest absolute Gasteiger partial charge is 0.478 e. The second kappa shape index (κ2) is 4.77. The monoisotopic (exact) mass is 270 g/mol. The highest BCUT2D eigenvalue weighted by molar-refractivity contribution is 5.93. The Hall–Kier alpha value is -2.69. The van der Waals surface area contributed by atoms with Crippen LogP contribution < -0.4 is 0 Å². The maximum Gasteiger partial charge on any atom is 0.335 e. The Bertz CT molecular complexity index is 795. The van der Waals surface area contributed by atoms with Crippen molar-refractivity contribution in [2.45, 2.75) is 6.54 Å². The number of carboxylic acids is 1. The molecule has 0 amide bonds. The van der Waals surface area contributed by atoms with Crippen molar-refractivity contribution in [2.24, 2.45) is 0 Å². The van der Waals surface area contributed by atoms with Gasteiger partial charge in [-0.25, -0.2) is 9.18 Å². The van der Waals surface area contributed by atoms with Crippen LogP contribution >= 0.6 is 0 Å². The summed E-state index contributed by atoms with van der Waals surface area (Å²) in [6, 6.07) is 8.22. The van der Waals surface area contributed by atoms with Gasteiger partial charge in [-0.2, -0.15) is 0 Å². The van der Waals surface area contributed by atoms with E-state index in [1.165, 1.54) is 6.07 Å². The number of nitrogens with zero attached hydrogens (tertiary/aromatic N) is 2. The quantitative estimate of drug-likeness (QED) is 0.796. The van der Waals surface area contributed by atoms with Gasteiger partial charge in [0.15, 0.2) is 0 Å². The van der Waals surface area contributed by atoms with Crippen LogP contribution in [0.5, 0.6) is 0 Å². The van der Waals surface area contributed by atoms with Crippen LogP contribution in [-0.2, 0) is 6.54 Å². The van der Waals surface area contributed by atoms with Gasteiger partial charge in [0.25, 0.3) is 0 Å². The first-order valence-corrected chi connectivity index (χ1v) is 6.05. The van der Waals surface area contributed by atoms with E-state index in [2.05, 4.69) is 4.98 Å². The van der Waals surface area contributed by atoms with Crippen LogP contribution in [0.3, 0.4) is 0 Å². The van der Waals surface area contributed by atoms with Gasteiger partial charge < -0.3 is 9.67 Å². The fourth-order valence-corrected chi connectivity index (χ4v) is 2.21. The molecule has 0 radical (unpaired) electrons. The van der Waals surface area contributed by atoms with Gasteiger partial charge >= 0.3 is 5.97 Å². The third-order valence-electron chi connectivity index (χ3n) is 3.13. The van der Waals surface area contributed by atoms with Crippen molar-refractivity contribution >= 4 is 16.9 Å². The van der Waals surface area contributed by atoms with Gasteiger partial charge in [-0.05, 0) is 35.9 Å². The normalized spacial score (nSPS) is 10.8. The number of carbonyl (C=O) groups is 1. The molecular weight excluding hydrogens is 259 g/mol. The molecule has 4 nitrogen and oxygen atoms in total. The molecule has 1 aromatic carbocycles. The molecule has 0 unspecified atom stereocenters. The van der Waals surface area contributed by atoms with Gasteiger partial charge in [0.2, 0.25) is 0 Å². The van der Waals surface area contributed by atoms with Crippen LogP contribution in [-0.4, -0.2) is 20.6 Å². The summed E-state index contributed by atoms with van der Waals surface area (Å²) in [6.07, 6.45) is 4.62. The summed E-state index contributed by atoms with van der Waals surface area (Å²) < 4.78 is 15.0. The van der Waals surface area contributed by atoms with Crippen LogP contribution in [0.15, 0.2) is 48.9 Å². The molecular formula is C15H11FN2O2. The third kappa shape index (κ3) is 2.25. The smallest absolute Gasteiger partial charge is 0.335 e. The lowest BCUT2D eigenvalue weighted by atomic mass is 10.1. The topological polar surface area (TPSA) is 55.1 Å². The molecule has 0 saturated carbocycles. The molecule has 0 saturated heterocycles. The molecule has 2 aromatic heterocycles. The summed E-state index contributed by atoms with van der Waals surface area (Å²) in [7, 11) is 0. The van der Waals surface area contributed by atoms with E-state index in [9.17, 15) is 9.18 Å². The first-order valence-electron chi connectivity index (χ1n) is 6.05. The third-order valence-corrected chi connectivity index (χ3v) is 3.13. The van der Waals surface area contributed by atoms with Gasteiger partial charge in [0, 0.05) is 29.8 Å². The lowest BCUT2D eigenvalue weighted by Gasteiger charge is -2.05. The highest BCUT2D eigenvalue weighted by atomic mass is 19.1. The molecule has 100 valence electrons. The van der Waals surface area contributed by atoms with Crippen LogP contribution in [0.4, 0.5) is 4.39 Å². The van der Waals surface area contributed by atoms with Crippen LogP contribution in [0, 0.1) is 5.82 Å². The van der Waals surface area contributed by atoms with Gasteiger partial charge in [-0.15, -0.1) is 0 Å². The molecule has 3 aromatic rings. The lowest BCUT2D eigenvalue weighted by molar-refractivity contribution is 0.0697. The minimum atomic E-state index is -0.950. The van der Waals surface area contributed by atoms with E-state index in [-0.39, 0.29) is 11.4 Å². The van der Waals surface area contributed by atoms with Gasteiger partial charge in [-0.1, -0.05) is 0 Å². The van der Waals surface area contributed by atoms with E-state index in [0.29, 0.717) is 6.54 Å². The Balaban J connectivity index is 1.98. The lowest BCUT2D eigenvalue weighted by Crippen LogP contribution is -2.00. The molecule has 5 heteroatoms. The molecule has 0 aliphatic rings.